The molecule has 1 atom stereocenters. The van der Waals surface area contributed by atoms with Crippen LogP contribution in [0.3, 0.4) is 0 Å². The molecule has 0 aromatic rings. The predicted octanol–water partition coefficient (Wildman–Crippen LogP) is 0.316. The molecule has 1 amide bonds. The number of rotatable bonds is 3. The highest BCUT2D eigenvalue weighted by Gasteiger charge is 2.24. The van der Waals surface area contributed by atoms with Gasteiger partial charge < -0.3 is 10.4 Å². The Morgan fingerprint density at radius 1 is 1.38 bits per heavy atom. The van der Waals surface area contributed by atoms with Crippen LogP contribution >= 0.6 is 11.8 Å². The van der Waals surface area contributed by atoms with Crippen LogP contribution in [-0.2, 0) is 4.79 Å². The molecule has 1 aliphatic carbocycles. The Kier molecular flexibility index (Phi) is 4.49. The van der Waals surface area contributed by atoms with Crippen LogP contribution in [-0.4, -0.2) is 41.3 Å². The molecule has 1 heterocycles. The van der Waals surface area contributed by atoms with Crippen molar-refractivity contribution in [2.24, 2.45) is 5.92 Å². The number of hydrogen-bond acceptors (Lipinski definition) is 4. The van der Waals surface area contributed by atoms with E-state index < -0.39 is 0 Å². The highest BCUT2D eigenvalue weighted by molar-refractivity contribution is 7.99. The Balaban J connectivity index is 1.65. The van der Waals surface area contributed by atoms with Crippen molar-refractivity contribution in [2.45, 2.75) is 37.8 Å². The largest absolute Gasteiger partial charge is 0.393 e. The smallest absolute Gasteiger partial charge is 0.238 e. The first-order chi connectivity index (χ1) is 7.75. The molecular weight excluding hydrogens is 224 g/mol. The maximum Gasteiger partial charge on any atom is 0.238 e. The molecule has 92 valence electrons. The fourth-order valence-electron chi connectivity index (χ4n) is 2.28. The number of amides is 1. The van der Waals surface area contributed by atoms with E-state index in [1.807, 2.05) is 0 Å². The fraction of sp³-hybridized carbons (Fsp3) is 0.909. The highest BCUT2D eigenvalue weighted by atomic mass is 32.2. The Labute approximate surface area is 101 Å². The summed E-state index contributed by atoms with van der Waals surface area (Å²) in [6, 6.07) is -0.000758. The van der Waals surface area contributed by atoms with Crippen molar-refractivity contribution in [3.8, 4) is 0 Å². The van der Waals surface area contributed by atoms with E-state index >= 15 is 0 Å². The minimum atomic E-state index is -0.111. The van der Waals surface area contributed by atoms with Crippen molar-refractivity contribution in [3.05, 3.63) is 0 Å². The van der Waals surface area contributed by atoms with Gasteiger partial charge in [0, 0.05) is 18.2 Å². The summed E-state index contributed by atoms with van der Waals surface area (Å²) in [6.45, 7) is 0.772. The lowest BCUT2D eigenvalue weighted by atomic mass is 9.87. The number of carbonyl (C=O) groups is 1. The normalized spacial score (nSPS) is 34.9. The van der Waals surface area contributed by atoms with Crippen LogP contribution in [0.2, 0.25) is 0 Å². The SMILES string of the molecule is O=C(NCC1CCC(O)CC1)C1CSCN1. The third-order valence-electron chi connectivity index (χ3n) is 3.41. The molecular formula is C11H20N2O2S. The summed E-state index contributed by atoms with van der Waals surface area (Å²) in [6.07, 6.45) is 3.73. The second-order valence-corrected chi connectivity index (χ2v) is 5.72. The van der Waals surface area contributed by atoms with Crippen molar-refractivity contribution in [2.75, 3.05) is 18.2 Å². The zero-order valence-electron chi connectivity index (χ0n) is 9.45. The average Bonchev–Trinajstić information content (AvgIpc) is 2.81. The molecule has 16 heavy (non-hydrogen) atoms. The van der Waals surface area contributed by atoms with Crippen LogP contribution < -0.4 is 10.6 Å². The standard InChI is InChI=1S/C11H20N2O2S/c14-9-3-1-8(2-4-9)5-12-11(15)10-6-16-7-13-10/h8-10,13-14H,1-7H2,(H,12,15). The fourth-order valence-corrected chi connectivity index (χ4v) is 3.22. The molecule has 1 saturated carbocycles. The van der Waals surface area contributed by atoms with Gasteiger partial charge in [0.15, 0.2) is 0 Å². The molecule has 5 heteroatoms. The van der Waals surface area contributed by atoms with Gasteiger partial charge in [-0.15, -0.1) is 11.8 Å². The lowest BCUT2D eigenvalue weighted by molar-refractivity contribution is -0.122. The first-order valence-corrected chi connectivity index (χ1v) is 7.18. The molecule has 1 unspecified atom stereocenters. The van der Waals surface area contributed by atoms with Crippen molar-refractivity contribution in [1.82, 2.24) is 10.6 Å². The van der Waals surface area contributed by atoms with Crippen LogP contribution in [0, 0.1) is 5.92 Å². The van der Waals surface area contributed by atoms with E-state index in [1.165, 1.54) is 0 Å². The van der Waals surface area contributed by atoms with Crippen LogP contribution in [0.25, 0.3) is 0 Å². The third-order valence-corrected chi connectivity index (χ3v) is 4.35. The Morgan fingerprint density at radius 3 is 2.75 bits per heavy atom. The minimum absolute atomic E-state index is 0.000758. The Hall–Kier alpha value is -0.260. The zero-order valence-corrected chi connectivity index (χ0v) is 10.3. The zero-order chi connectivity index (χ0) is 11.4. The molecule has 0 aromatic heterocycles. The summed E-state index contributed by atoms with van der Waals surface area (Å²) in [5.74, 6) is 2.46. The van der Waals surface area contributed by atoms with E-state index in [9.17, 15) is 9.90 Å². The van der Waals surface area contributed by atoms with Crippen molar-refractivity contribution < 1.29 is 9.90 Å². The van der Waals surface area contributed by atoms with Crippen molar-refractivity contribution >= 4 is 17.7 Å². The number of carbonyl (C=O) groups excluding carboxylic acids is 1. The Morgan fingerprint density at radius 2 is 2.12 bits per heavy atom. The van der Waals surface area contributed by atoms with Crippen LogP contribution in [0.5, 0.6) is 0 Å². The van der Waals surface area contributed by atoms with E-state index in [-0.39, 0.29) is 18.1 Å². The van der Waals surface area contributed by atoms with Gasteiger partial charge in [-0.25, -0.2) is 0 Å². The Bertz CT molecular complexity index is 236. The number of aliphatic hydroxyl groups excluding tert-OH is 1. The lowest BCUT2D eigenvalue weighted by Crippen LogP contribution is -2.44. The maximum atomic E-state index is 11.7. The predicted molar refractivity (Wildman–Crippen MR) is 65.2 cm³/mol. The molecule has 2 rings (SSSR count). The quantitative estimate of drug-likeness (QED) is 0.669. The van der Waals surface area contributed by atoms with Gasteiger partial charge in [0.05, 0.1) is 12.1 Å². The highest BCUT2D eigenvalue weighted by Crippen LogP contribution is 2.23. The molecule has 3 N–H and O–H groups in total. The van der Waals surface area contributed by atoms with Gasteiger partial charge in [-0.3, -0.25) is 10.1 Å². The average molecular weight is 244 g/mol. The summed E-state index contributed by atoms with van der Waals surface area (Å²) in [7, 11) is 0. The first-order valence-electron chi connectivity index (χ1n) is 6.02. The second kappa shape index (κ2) is 5.89. The summed E-state index contributed by atoms with van der Waals surface area (Å²) < 4.78 is 0. The van der Waals surface area contributed by atoms with Gasteiger partial charge in [0.25, 0.3) is 0 Å². The molecule has 4 nitrogen and oxygen atoms in total. The van der Waals surface area contributed by atoms with Crippen LogP contribution in [0.1, 0.15) is 25.7 Å². The van der Waals surface area contributed by atoms with E-state index in [0.29, 0.717) is 5.92 Å². The molecule has 2 aliphatic rings. The van der Waals surface area contributed by atoms with E-state index in [1.54, 1.807) is 11.8 Å². The monoisotopic (exact) mass is 244 g/mol. The molecule has 0 bridgehead atoms. The molecule has 2 fully saturated rings. The molecule has 1 saturated heterocycles. The number of thioether (sulfide) groups is 1. The van der Waals surface area contributed by atoms with E-state index in [4.69, 9.17) is 0 Å². The van der Waals surface area contributed by atoms with Gasteiger partial charge in [-0.2, -0.15) is 0 Å². The lowest BCUT2D eigenvalue weighted by Gasteiger charge is -2.25. The van der Waals surface area contributed by atoms with Gasteiger partial charge in [0.1, 0.15) is 0 Å². The van der Waals surface area contributed by atoms with Gasteiger partial charge in [-0.05, 0) is 31.6 Å². The topological polar surface area (TPSA) is 61.4 Å². The van der Waals surface area contributed by atoms with E-state index in [2.05, 4.69) is 10.6 Å². The maximum absolute atomic E-state index is 11.7. The summed E-state index contributed by atoms with van der Waals surface area (Å²) >= 11 is 1.77. The minimum Gasteiger partial charge on any atom is -0.393 e. The first kappa shape index (κ1) is 12.2. The molecule has 0 spiro atoms. The molecule has 1 aliphatic heterocycles. The van der Waals surface area contributed by atoms with Crippen molar-refractivity contribution in [3.63, 3.8) is 0 Å². The second-order valence-electron chi connectivity index (χ2n) is 4.69. The van der Waals surface area contributed by atoms with Crippen LogP contribution in [0.4, 0.5) is 0 Å². The number of hydrogen-bond donors (Lipinski definition) is 3. The van der Waals surface area contributed by atoms with Crippen LogP contribution in [0.15, 0.2) is 0 Å². The van der Waals surface area contributed by atoms with Gasteiger partial charge >= 0.3 is 0 Å². The van der Waals surface area contributed by atoms with E-state index in [0.717, 1.165) is 43.9 Å². The molecule has 0 aromatic carbocycles. The number of aliphatic hydroxyl groups is 1. The van der Waals surface area contributed by atoms with Gasteiger partial charge in [-0.1, -0.05) is 0 Å². The summed E-state index contributed by atoms with van der Waals surface area (Å²) in [4.78, 5) is 11.7. The van der Waals surface area contributed by atoms with Crippen molar-refractivity contribution in [1.29, 1.82) is 0 Å². The van der Waals surface area contributed by atoms with Gasteiger partial charge in [0.2, 0.25) is 5.91 Å². The molecule has 0 radical (unpaired) electrons. The summed E-state index contributed by atoms with van der Waals surface area (Å²) in [5.41, 5.74) is 0. The third kappa shape index (κ3) is 3.37. The number of nitrogens with one attached hydrogen (secondary N) is 2. The summed E-state index contributed by atoms with van der Waals surface area (Å²) in [5, 5.41) is 15.6.